The van der Waals surface area contributed by atoms with Crippen molar-refractivity contribution in [1.29, 1.82) is 0 Å². The first-order valence-electron chi connectivity index (χ1n) is 4.88. The maximum absolute atomic E-state index is 12.3. The van der Waals surface area contributed by atoms with Crippen LogP contribution in [-0.2, 0) is 4.74 Å². The largest absolute Gasteiger partial charge is 0.480 e. The van der Waals surface area contributed by atoms with E-state index in [1.165, 1.54) is 19.5 Å². The van der Waals surface area contributed by atoms with Gasteiger partial charge in [-0.2, -0.15) is 13.2 Å². The van der Waals surface area contributed by atoms with Crippen molar-refractivity contribution < 1.29 is 17.9 Å². The highest BCUT2D eigenvalue weighted by Crippen LogP contribution is 2.35. The van der Waals surface area contributed by atoms with Crippen LogP contribution < -0.4 is 0 Å². The fraction of sp³-hybridized carbons (Fsp3) is 0.400. The Morgan fingerprint density at radius 2 is 2.12 bits per heavy atom. The van der Waals surface area contributed by atoms with Crippen LogP contribution in [0, 0.1) is 0 Å². The highest BCUT2D eigenvalue weighted by Gasteiger charge is 2.54. The van der Waals surface area contributed by atoms with Crippen molar-refractivity contribution in [3.8, 4) is 0 Å². The molecule has 0 spiro atoms. The Morgan fingerprint density at radius 3 is 2.59 bits per heavy atom. The number of ether oxygens (including phenoxy) is 1. The number of hydrazone groups is 1. The second kappa shape index (κ2) is 4.23. The van der Waals surface area contributed by atoms with Gasteiger partial charge < -0.3 is 4.74 Å². The molecule has 2 rings (SSSR count). The Bertz CT molecular complexity index is 419. The van der Waals surface area contributed by atoms with Crippen LogP contribution in [0.15, 0.2) is 29.6 Å². The summed E-state index contributed by atoms with van der Waals surface area (Å²) in [7, 11) is 1.37. The van der Waals surface area contributed by atoms with Crippen molar-refractivity contribution in [2.75, 3.05) is 13.7 Å². The lowest BCUT2D eigenvalue weighted by atomic mass is 10.3. The van der Waals surface area contributed by atoms with Crippen LogP contribution in [0.4, 0.5) is 13.2 Å². The summed E-state index contributed by atoms with van der Waals surface area (Å²) in [5.41, 5.74) is 0.593. The van der Waals surface area contributed by atoms with Gasteiger partial charge in [-0.15, -0.1) is 5.10 Å². The predicted octanol–water partition coefficient (Wildman–Crippen LogP) is 1.64. The van der Waals surface area contributed by atoms with E-state index in [4.69, 9.17) is 4.74 Å². The van der Waals surface area contributed by atoms with E-state index in [0.29, 0.717) is 5.56 Å². The van der Waals surface area contributed by atoms with Crippen LogP contribution in [0.2, 0.25) is 0 Å². The first kappa shape index (κ1) is 11.7. The average molecular weight is 245 g/mol. The summed E-state index contributed by atoms with van der Waals surface area (Å²) < 4.78 is 41.8. The number of pyridine rings is 1. The van der Waals surface area contributed by atoms with Gasteiger partial charge in [-0.25, -0.2) is 0 Å². The van der Waals surface area contributed by atoms with Gasteiger partial charge in [-0.05, 0) is 12.1 Å². The second-order valence-electron chi connectivity index (χ2n) is 3.52. The number of hydrogen-bond acceptors (Lipinski definition) is 4. The topological polar surface area (TPSA) is 37.5 Å². The zero-order valence-electron chi connectivity index (χ0n) is 8.98. The van der Waals surface area contributed by atoms with Crippen molar-refractivity contribution in [1.82, 2.24) is 9.99 Å². The lowest BCUT2D eigenvalue weighted by Crippen LogP contribution is -2.20. The number of aromatic nitrogens is 1. The summed E-state index contributed by atoms with van der Waals surface area (Å²) in [5, 5.41) is 4.75. The zero-order chi connectivity index (χ0) is 12.5. The molecule has 0 aliphatic carbocycles. The SMILES string of the molecule is CO/C(=N/N1CC1C(F)(F)F)c1ccncc1. The molecule has 0 saturated carbocycles. The normalized spacial score (nSPS) is 20.4. The van der Waals surface area contributed by atoms with Crippen molar-refractivity contribution >= 4 is 5.90 Å². The third-order valence-electron chi connectivity index (χ3n) is 2.30. The van der Waals surface area contributed by atoms with Crippen LogP contribution in [-0.4, -0.2) is 41.8 Å². The number of alkyl halides is 3. The van der Waals surface area contributed by atoms with E-state index in [1.807, 2.05) is 0 Å². The molecule has 4 nitrogen and oxygen atoms in total. The highest BCUT2D eigenvalue weighted by atomic mass is 19.4. The maximum atomic E-state index is 12.3. The first-order valence-corrected chi connectivity index (χ1v) is 4.88. The molecular weight excluding hydrogens is 235 g/mol. The molecule has 1 atom stereocenters. The number of nitrogens with zero attached hydrogens (tertiary/aromatic N) is 3. The van der Waals surface area contributed by atoms with Gasteiger partial charge in [0.2, 0.25) is 5.90 Å². The van der Waals surface area contributed by atoms with Crippen LogP contribution in [0.1, 0.15) is 5.56 Å². The summed E-state index contributed by atoms with van der Waals surface area (Å²) in [5.74, 6) is 0.152. The van der Waals surface area contributed by atoms with E-state index in [9.17, 15) is 13.2 Å². The van der Waals surface area contributed by atoms with Gasteiger partial charge in [0.25, 0.3) is 0 Å². The Kier molecular flexibility index (Phi) is 2.91. The molecule has 2 heterocycles. The molecule has 1 aliphatic rings. The van der Waals surface area contributed by atoms with Gasteiger partial charge in [0.05, 0.1) is 13.7 Å². The molecule has 0 radical (unpaired) electrons. The van der Waals surface area contributed by atoms with Gasteiger partial charge in [-0.3, -0.25) is 9.99 Å². The summed E-state index contributed by atoms with van der Waals surface area (Å²) >= 11 is 0. The van der Waals surface area contributed by atoms with Crippen molar-refractivity contribution in [3.63, 3.8) is 0 Å². The molecule has 0 aromatic carbocycles. The summed E-state index contributed by atoms with van der Waals surface area (Å²) in [6.45, 7) is -0.124. The minimum atomic E-state index is -4.24. The molecule has 92 valence electrons. The van der Waals surface area contributed by atoms with Gasteiger partial charge in [0, 0.05) is 18.0 Å². The number of methoxy groups -OCH3 is 1. The van der Waals surface area contributed by atoms with E-state index >= 15 is 0 Å². The monoisotopic (exact) mass is 245 g/mol. The molecule has 1 aliphatic heterocycles. The van der Waals surface area contributed by atoms with Crippen molar-refractivity contribution in [2.24, 2.45) is 5.10 Å². The Balaban J connectivity index is 2.11. The fourth-order valence-electron chi connectivity index (χ4n) is 1.34. The van der Waals surface area contributed by atoms with Crippen molar-refractivity contribution in [3.05, 3.63) is 30.1 Å². The van der Waals surface area contributed by atoms with E-state index in [1.54, 1.807) is 12.1 Å². The van der Waals surface area contributed by atoms with Crippen LogP contribution in [0.5, 0.6) is 0 Å². The van der Waals surface area contributed by atoms with Crippen LogP contribution >= 0.6 is 0 Å². The minimum Gasteiger partial charge on any atom is -0.480 e. The summed E-state index contributed by atoms with van der Waals surface area (Å²) in [4.78, 5) is 3.81. The molecule has 1 saturated heterocycles. The van der Waals surface area contributed by atoms with Crippen LogP contribution in [0.3, 0.4) is 0 Å². The molecule has 1 fully saturated rings. The highest BCUT2D eigenvalue weighted by molar-refractivity contribution is 5.93. The van der Waals surface area contributed by atoms with E-state index < -0.39 is 12.2 Å². The summed E-state index contributed by atoms with van der Waals surface area (Å²) in [6, 6.07) is 1.75. The standard InChI is InChI=1S/C10H10F3N3O/c1-17-9(7-2-4-14-5-3-7)15-16-6-8(16)10(11,12)13/h2-5,8H,6H2,1H3/b15-9+. The molecule has 0 N–H and O–H groups in total. The predicted molar refractivity (Wildman–Crippen MR) is 54.3 cm³/mol. The minimum absolute atomic E-state index is 0.124. The zero-order valence-corrected chi connectivity index (χ0v) is 8.98. The van der Waals surface area contributed by atoms with Gasteiger partial charge in [0.15, 0.2) is 6.04 Å². The molecular formula is C10H10F3N3O. The molecule has 7 heteroatoms. The van der Waals surface area contributed by atoms with E-state index in [0.717, 1.165) is 5.01 Å². The first-order chi connectivity index (χ1) is 8.02. The Morgan fingerprint density at radius 1 is 1.47 bits per heavy atom. The third kappa shape index (κ3) is 2.66. The van der Waals surface area contributed by atoms with Crippen molar-refractivity contribution in [2.45, 2.75) is 12.2 Å². The average Bonchev–Trinajstić information content (AvgIpc) is 3.06. The molecule has 1 unspecified atom stereocenters. The lowest BCUT2D eigenvalue weighted by molar-refractivity contribution is -0.136. The lowest BCUT2D eigenvalue weighted by Gasteiger charge is -2.07. The van der Waals surface area contributed by atoms with E-state index in [-0.39, 0.29) is 12.4 Å². The Hall–Kier alpha value is -1.79. The quantitative estimate of drug-likeness (QED) is 0.451. The third-order valence-corrected chi connectivity index (χ3v) is 2.30. The summed E-state index contributed by atoms with van der Waals surface area (Å²) in [6.07, 6.45) is -1.19. The van der Waals surface area contributed by atoms with Gasteiger partial charge in [-0.1, -0.05) is 0 Å². The van der Waals surface area contributed by atoms with E-state index in [2.05, 4.69) is 10.1 Å². The fourth-order valence-corrected chi connectivity index (χ4v) is 1.34. The number of hydrogen-bond donors (Lipinski definition) is 0. The number of halogens is 3. The molecule has 0 amide bonds. The molecule has 1 aromatic rings. The maximum Gasteiger partial charge on any atom is 0.412 e. The Labute approximate surface area is 95.7 Å². The number of rotatable bonds is 2. The molecule has 17 heavy (non-hydrogen) atoms. The van der Waals surface area contributed by atoms with Crippen LogP contribution in [0.25, 0.3) is 0 Å². The molecule has 0 bridgehead atoms. The van der Waals surface area contributed by atoms with Gasteiger partial charge in [0.1, 0.15) is 0 Å². The second-order valence-corrected chi connectivity index (χ2v) is 3.52. The smallest absolute Gasteiger partial charge is 0.412 e. The van der Waals surface area contributed by atoms with Gasteiger partial charge >= 0.3 is 6.18 Å². The molecule has 1 aromatic heterocycles.